The molecule has 19 heavy (non-hydrogen) atoms. The average Bonchev–Trinajstić information content (AvgIpc) is 2.38. The maximum Gasteiger partial charge on any atom is 0.255 e. The van der Waals surface area contributed by atoms with Gasteiger partial charge in [0.15, 0.2) is 0 Å². The van der Waals surface area contributed by atoms with Crippen molar-refractivity contribution < 1.29 is 14.3 Å². The molecule has 1 heterocycles. The minimum absolute atomic E-state index is 0.0206. The number of nitrogens with one attached hydrogen (secondary N) is 2. The monoisotopic (exact) mass is 262 g/mol. The molecular formula is C14H18N2O3. The third kappa shape index (κ3) is 3.24. The number of ether oxygens (including phenoxy) is 1. The first-order valence-electron chi connectivity index (χ1n) is 6.32. The molecule has 5 nitrogen and oxygen atoms in total. The fourth-order valence-electron chi connectivity index (χ4n) is 2.17. The molecule has 1 aromatic rings. The van der Waals surface area contributed by atoms with Crippen molar-refractivity contribution >= 4 is 11.8 Å². The highest BCUT2D eigenvalue weighted by molar-refractivity contribution is 5.97. The van der Waals surface area contributed by atoms with Crippen LogP contribution in [0, 0.1) is 6.92 Å². The minimum Gasteiger partial charge on any atom is -0.496 e. The van der Waals surface area contributed by atoms with Crippen LogP contribution in [0.15, 0.2) is 18.2 Å². The Balaban J connectivity index is 2.11. The standard InChI is InChI=1S/C14H18N2O3/c1-9-3-4-12(19-2)11(7-9)14(18)16-10-5-6-15-13(17)8-10/h3-4,7,10H,5-6,8H2,1-2H3,(H,15,17)(H,16,18). The molecule has 0 radical (unpaired) electrons. The van der Waals surface area contributed by atoms with Gasteiger partial charge in [-0.3, -0.25) is 9.59 Å². The zero-order valence-electron chi connectivity index (χ0n) is 11.2. The molecule has 0 bridgehead atoms. The van der Waals surface area contributed by atoms with E-state index in [1.807, 2.05) is 13.0 Å². The summed E-state index contributed by atoms with van der Waals surface area (Å²) in [5, 5.41) is 5.63. The predicted octanol–water partition coefficient (Wildman–Crippen LogP) is 1.01. The molecule has 1 saturated heterocycles. The van der Waals surface area contributed by atoms with Gasteiger partial charge in [-0.15, -0.1) is 0 Å². The first kappa shape index (κ1) is 13.4. The largest absolute Gasteiger partial charge is 0.496 e. The Morgan fingerprint density at radius 2 is 2.26 bits per heavy atom. The lowest BCUT2D eigenvalue weighted by atomic mass is 10.0. The van der Waals surface area contributed by atoms with Crippen LogP contribution in [0.5, 0.6) is 5.75 Å². The normalized spacial score (nSPS) is 18.6. The van der Waals surface area contributed by atoms with Gasteiger partial charge in [0.1, 0.15) is 5.75 Å². The highest BCUT2D eigenvalue weighted by Crippen LogP contribution is 2.20. The van der Waals surface area contributed by atoms with Crippen molar-refractivity contribution in [3.05, 3.63) is 29.3 Å². The first-order chi connectivity index (χ1) is 9.10. The summed E-state index contributed by atoms with van der Waals surface area (Å²) < 4.78 is 5.19. The summed E-state index contributed by atoms with van der Waals surface area (Å²) in [4.78, 5) is 23.5. The van der Waals surface area contributed by atoms with Crippen LogP contribution in [0.2, 0.25) is 0 Å². The summed E-state index contributed by atoms with van der Waals surface area (Å²) >= 11 is 0. The molecule has 0 aromatic heterocycles. The molecule has 1 atom stereocenters. The quantitative estimate of drug-likeness (QED) is 0.854. The summed E-state index contributed by atoms with van der Waals surface area (Å²) in [6, 6.07) is 5.35. The third-order valence-electron chi connectivity index (χ3n) is 3.18. The SMILES string of the molecule is COc1ccc(C)cc1C(=O)NC1CCNC(=O)C1. The van der Waals surface area contributed by atoms with Crippen molar-refractivity contribution in [2.45, 2.75) is 25.8 Å². The van der Waals surface area contributed by atoms with Gasteiger partial charge < -0.3 is 15.4 Å². The number of hydrogen-bond acceptors (Lipinski definition) is 3. The van der Waals surface area contributed by atoms with Gasteiger partial charge in [0, 0.05) is 19.0 Å². The first-order valence-corrected chi connectivity index (χ1v) is 6.32. The number of carbonyl (C=O) groups excluding carboxylic acids is 2. The summed E-state index contributed by atoms with van der Waals surface area (Å²) in [7, 11) is 1.54. The Kier molecular flexibility index (Phi) is 4.04. The summed E-state index contributed by atoms with van der Waals surface area (Å²) in [6.45, 7) is 2.53. The van der Waals surface area contributed by atoms with Crippen molar-refractivity contribution in [2.75, 3.05) is 13.7 Å². The van der Waals surface area contributed by atoms with Crippen molar-refractivity contribution in [3.63, 3.8) is 0 Å². The van der Waals surface area contributed by atoms with E-state index in [-0.39, 0.29) is 17.9 Å². The maximum absolute atomic E-state index is 12.2. The lowest BCUT2D eigenvalue weighted by molar-refractivity contribution is -0.122. The molecule has 2 rings (SSSR count). The van der Waals surface area contributed by atoms with Gasteiger partial charge in [0.05, 0.1) is 12.7 Å². The number of benzene rings is 1. The fraction of sp³-hybridized carbons (Fsp3) is 0.429. The van der Waals surface area contributed by atoms with Gasteiger partial charge in [0.2, 0.25) is 5.91 Å². The Bertz CT molecular complexity index is 499. The lowest BCUT2D eigenvalue weighted by Gasteiger charge is -2.23. The van der Waals surface area contributed by atoms with Crippen molar-refractivity contribution in [2.24, 2.45) is 0 Å². The van der Waals surface area contributed by atoms with E-state index in [1.165, 1.54) is 7.11 Å². The van der Waals surface area contributed by atoms with Crippen LogP contribution in [0.4, 0.5) is 0 Å². The van der Waals surface area contributed by atoms with Crippen LogP contribution < -0.4 is 15.4 Å². The van der Waals surface area contributed by atoms with Crippen LogP contribution in [0.25, 0.3) is 0 Å². The summed E-state index contributed by atoms with van der Waals surface area (Å²) in [5.74, 6) is 0.330. The van der Waals surface area contributed by atoms with Crippen molar-refractivity contribution in [3.8, 4) is 5.75 Å². The zero-order chi connectivity index (χ0) is 13.8. The molecule has 0 spiro atoms. The molecule has 1 fully saturated rings. The Morgan fingerprint density at radius 3 is 2.95 bits per heavy atom. The van der Waals surface area contributed by atoms with Crippen LogP contribution in [0.3, 0.4) is 0 Å². The Morgan fingerprint density at radius 1 is 1.47 bits per heavy atom. The molecule has 2 amide bonds. The third-order valence-corrected chi connectivity index (χ3v) is 3.18. The number of aryl methyl sites for hydroxylation is 1. The van der Waals surface area contributed by atoms with E-state index in [9.17, 15) is 9.59 Å². The number of amides is 2. The number of carbonyl (C=O) groups is 2. The van der Waals surface area contributed by atoms with E-state index in [4.69, 9.17) is 4.74 Å². The number of methoxy groups -OCH3 is 1. The topological polar surface area (TPSA) is 67.4 Å². The van der Waals surface area contributed by atoms with Crippen LogP contribution in [-0.4, -0.2) is 31.5 Å². The predicted molar refractivity (Wildman–Crippen MR) is 71.2 cm³/mol. The second-order valence-corrected chi connectivity index (χ2v) is 4.72. The molecule has 5 heteroatoms. The van der Waals surface area contributed by atoms with Gasteiger partial charge >= 0.3 is 0 Å². The molecule has 2 N–H and O–H groups in total. The van der Waals surface area contributed by atoms with E-state index in [1.54, 1.807) is 12.1 Å². The second-order valence-electron chi connectivity index (χ2n) is 4.72. The minimum atomic E-state index is -0.194. The number of hydrogen-bond donors (Lipinski definition) is 2. The van der Waals surface area contributed by atoms with E-state index >= 15 is 0 Å². The molecule has 1 aliphatic rings. The van der Waals surface area contributed by atoms with Gasteiger partial charge in [0.25, 0.3) is 5.91 Å². The average molecular weight is 262 g/mol. The Labute approximate surface area is 112 Å². The summed E-state index contributed by atoms with van der Waals surface area (Å²) in [6.07, 6.45) is 1.09. The smallest absolute Gasteiger partial charge is 0.255 e. The molecular weight excluding hydrogens is 244 g/mol. The summed E-state index contributed by atoms with van der Waals surface area (Å²) in [5.41, 5.74) is 1.50. The number of rotatable bonds is 3. The highest BCUT2D eigenvalue weighted by Gasteiger charge is 2.22. The van der Waals surface area contributed by atoms with Gasteiger partial charge in [-0.2, -0.15) is 0 Å². The van der Waals surface area contributed by atoms with E-state index in [2.05, 4.69) is 10.6 Å². The highest BCUT2D eigenvalue weighted by atomic mass is 16.5. The second kappa shape index (κ2) is 5.73. The number of piperidine rings is 1. The van der Waals surface area contributed by atoms with Crippen LogP contribution in [0.1, 0.15) is 28.8 Å². The fourth-order valence-corrected chi connectivity index (χ4v) is 2.17. The zero-order valence-corrected chi connectivity index (χ0v) is 11.2. The van der Waals surface area contributed by atoms with Crippen LogP contribution in [-0.2, 0) is 4.79 Å². The van der Waals surface area contributed by atoms with Crippen molar-refractivity contribution in [1.82, 2.24) is 10.6 Å². The van der Waals surface area contributed by atoms with E-state index in [0.29, 0.717) is 24.3 Å². The molecule has 0 saturated carbocycles. The molecule has 1 aromatic carbocycles. The molecule has 1 aliphatic heterocycles. The molecule has 0 aliphatic carbocycles. The van der Waals surface area contributed by atoms with Crippen LogP contribution >= 0.6 is 0 Å². The van der Waals surface area contributed by atoms with E-state index < -0.39 is 0 Å². The lowest BCUT2D eigenvalue weighted by Crippen LogP contribution is -2.45. The van der Waals surface area contributed by atoms with Gasteiger partial charge in [-0.1, -0.05) is 11.6 Å². The Hall–Kier alpha value is -2.04. The van der Waals surface area contributed by atoms with Gasteiger partial charge in [-0.05, 0) is 25.5 Å². The van der Waals surface area contributed by atoms with Gasteiger partial charge in [-0.25, -0.2) is 0 Å². The van der Waals surface area contributed by atoms with Crippen molar-refractivity contribution in [1.29, 1.82) is 0 Å². The maximum atomic E-state index is 12.2. The van der Waals surface area contributed by atoms with E-state index in [0.717, 1.165) is 12.0 Å². The molecule has 102 valence electrons. The molecule has 1 unspecified atom stereocenters.